The predicted octanol–water partition coefficient (Wildman–Crippen LogP) is 2.78. The van der Waals surface area contributed by atoms with Crippen molar-refractivity contribution in [2.45, 2.75) is 31.2 Å². The van der Waals surface area contributed by atoms with Crippen LogP contribution in [0.25, 0.3) is 0 Å². The normalized spacial score (nSPS) is 24.9. The van der Waals surface area contributed by atoms with Crippen LogP contribution in [-0.2, 0) is 16.3 Å². The van der Waals surface area contributed by atoms with E-state index in [2.05, 4.69) is 36.4 Å². The lowest BCUT2D eigenvalue weighted by atomic mass is 10.0. The van der Waals surface area contributed by atoms with Gasteiger partial charge in [0.25, 0.3) is 0 Å². The molecule has 0 radical (unpaired) electrons. The molecule has 0 fully saturated rings. The summed E-state index contributed by atoms with van der Waals surface area (Å²) in [4.78, 5) is 0.948. The van der Waals surface area contributed by atoms with Gasteiger partial charge in [0.15, 0.2) is 0 Å². The van der Waals surface area contributed by atoms with E-state index in [9.17, 15) is 4.21 Å². The summed E-state index contributed by atoms with van der Waals surface area (Å²) in [6.45, 7) is 4.90. The molecule has 1 unspecified atom stereocenters. The van der Waals surface area contributed by atoms with Crippen molar-refractivity contribution in [3.63, 3.8) is 0 Å². The largest absolute Gasteiger partial charge is 0.245 e. The Balaban J connectivity index is 2.60. The first-order chi connectivity index (χ1) is 6.50. The van der Waals surface area contributed by atoms with Crippen molar-refractivity contribution >= 4 is 9.73 Å². The number of fused-ring (bicyclic) bond motifs is 1. The van der Waals surface area contributed by atoms with Gasteiger partial charge in [-0.1, -0.05) is 26.0 Å². The van der Waals surface area contributed by atoms with E-state index < -0.39 is 9.73 Å². The average Bonchev–Trinajstić information content (AvgIpc) is 2.42. The lowest BCUT2D eigenvalue weighted by Gasteiger charge is -2.08. The van der Waals surface area contributed by atoms with Gasteiger partial charge in [0.1, 0.15) is 0 Å². The fourth-order valence-corrected chi connectivity index (χ4v) is 3.17. The molecule has 0 aliphatic carbocycles. The highest BCUT2D eigenvalue weighted by Crippen LogP contribution is 2.28. The maximum Gasteiger partial charge on any atom is 0.0750 e. The van der Waals surface area contributed by atoms with Crippen molar-refractivity contribution in [2.24, 2.45) is 4.36 Å². The SMILES string of the molecule is CC(C)c1ccc2c(c1)S(C)(=O)=NC2. The van der Waals surface area contributed by atoms with Crippen LogP contribution < -0.4 is 0 Å². The third-order valence-electron chi connectivity index (χ3n) is 2.65. The minimum Gasteiger partial charge on any atom is -0.245 e. The van der Waals surface area contributed by atoms with Crippen molar-refractivity contribution in [1.82, 2.24) is 0 Å². The number of hydrogen-bond acceptors (Lipinski definition) is 2. The summed E-state index contributed by atoms with van der Waals surface area (Å²) in [5, 5.41) is 0. The summed E-state index contributed by atoms with van der Waals surface area (Å²) in [5.41, 5.74) is 2.37. The summed E-state index contributed by atoms with van der Waals surface area (Å²) >= 11 is 0. The molecule has 0 saturated heterocycles. The fraction of sp³-hybridized carbons (Fsp3) is 0.455. The number of rotatable bonds is 1. The van der Waals surface area contributed by atoms with E-state index >= 15 is 0 Å². The van der Waals surface area contributed by atoms with Crippen molar-refractivity contribution in [1.29, 1.82) is 0 Å². The van der Waals surface area contributed by atoms with E-state index in [0.29, 0.717) is 12.5 Å². The Bertz CT molecular complexity index is 482. The van der Waals surface area contributed by atoms with Crippen LogP contribution in [0, 0.1) is 0 Å². The topological polar surface area (TPSA) is 29.4 Å². The van der Waals surface area contributed by atoms with Crippen LogP contribution in [0.5, 0.6) is 0 Å². The van der Waals surface area contributed by atoms with Crippen molar-refractivity contribution in [3.8, 4) is 0 Å². The predicted molar refractivity (Wildman–Crippen MR) is 59.0 cm³/mol. The van der Waals surface area contributed by atoms with Gasteiger partial charge in [0, 0.05) is 6.26 Å². The molecule has 14 heavy (non-hydrogen) atoms. The van der Waals surface area contributed by atoms with Gasteiger partial charge in [0.05, 0.1) is 21.2 Å². The minimum atomic E-state index is -2.09. The van der Waals surface area contributed by atoms with Crippen LogP contribution in [0.3, 0.4) is 0 Å². The highest BCUT2D eigenvalue weighted by Gasteiger charge is 2.18. The first kappa shape index (κ1) is 9.71. The van der Waals surface area contributed by atoms with Crippen LogP contribution >= 0.6 is 0 Å². The molecule has 3 heteroatoms. The van der Waals surface area contributed by atoms with Crippen LogP contribution in [0.15, 0.2) is 27.5 Å². The fourth-order valence-electron chi connectivity index (χ4n) is 1.68. The molecular formula is C11H15NOS. The maximum atomic E-state index is 12.0. The molecular weight excluding hydrogens is 194 g/mol. The quantitative estimate of drug-likeness (QED) is 0.699. The lowest BCUT2D eigenvalue weighted by molar-refractivity contribution is 0.681. The van der Waals surface area contributed by atoms with E-state index in [1.54, 1.807) is 6.26 Å². The van der Waals surface area contributed by atoms with Crippen molar-refractivity contribution < 1.29 is 4.21 Å². The summed E-state index contributed by atoms with van der Waals surface area (Å²) in [6.07, 6.45) is 1.73. The molecule has 1 aromatic carbocycles. The average molecular weight is 209 g/mol. The van der Waals surface area contributed by atoms with E-state index in [-0.39, 0.29) is 0 Å². The molecule has 0 saturated carbocycles. The third kappa shape index (κ3) is 1.46. The van der Waals surface area contributed by atoms with Crippen LogP contribution in [-0.4, -0.2) is 10.5 Å². The van der Waals surface area contributed by atoms with Gasteiger partial charge in [-0.2, -0.15) is 0 Å². The molecule has 0 spiro atoms. The van der Waals surface area contributed by atoms with Crippen LogP contribution in [0.2, 0.25) is 0 Å². The molecule has 1 heterocycles. The molecule has 1 atom stereocenters. The Morgan fingerprint density at radius 2 is 2.14 bits per heavy atom. The van der Waals surface area contributed by atoms with Gasteiger partial charge < -0.3 is 0 Å². The molecule has 0 amide bonds. The zero-order chi connectivity index (χ0) is 10.3. The summed E-state index contributed by atoms with van der Waals surface area (Å²) in [5.74, 6) is 0.482. The van der Waals surface area contributed by atoms with Gasteiger partial charge >= 0.3 is 0 Å². The van der Waals surface area contributed by atoms with Gasteiger partial charge in [-0.3, -0.25) is 0 Å². The summed E-state index contributed by atoms with van der Waals surface area (Å²) < 4.78 is 16.2. The maximum absolute atomic E-state index is 12.0. The van der Waals surface area contributed by atoms with E-state index in [0.717, 1.165) is 10.5 Å². The minimum absolute atomic E-state index is 0.482. The lowest BCUT2D eigenvalue weighted by Crippen LogP contribution is -1.97. The molecule has 0 aromatic heterocycles. The Morgan fingerprint density at radius 3 is 2.79 bits per heavy atom. The monoisotopic (exact) mass is 209 g/mol. The molecule has 0 bridgehead atoms. The van der Waals surface area contributed by atoms with Gasteiger partial charge in [-0.05, 0) is 23.1 Å². The molecule has 76 valence electrons. The second kappa shape index (κ2) is 3.09. The Kier molecular flexibility index (Phi) is 2.14. The molecule has 2 nitrogen and oxygen atoms in total. The molecule has 0 N–H and O–H groups in total. The number of nitrogens with zero attached hydrogens (tertiary/aromatic N) is 1. The Morgan fingerprint density at radius 1 is 1.43 bits per heavy atom. The van der Waals surface area contributed by atoms with Gasteiger partial charge in [-0.15, -0.1) is 0 Å². The number of hydrogen-bond donors (Lipinski definition) is 0. The standard InChI is InChI=1S/C11H15NOS/c1-8(2)9-4-5-10-7-12-14(3,13)11(10)6-9/h4-6,8H,7H2,1-3H3. The van der Waals surface area contributed by atoms with Gasteiger partial charge in [0.2, 0.25) is 0 Å². The van der Waals surface area contributed by atoms with Crippen molar-refractivity contribution in [2.75, 3.05) is 6.26 Å². The Labute approximate surface area is 85.5 Å². The smallest absolute Gasteiger partial charge is 0.0750 e. The number of benzene rings is 1. The van der Waals surface area contributed by atoms with Crippen LogP contribution in [0.4, 0.5) is 0 Å². The van der Waals surface area contributed by atoms with E-state index in [4.69, 9.17) is 0 Å². The first-order valence-corrected chi connectivity index (χ1v) is 6.74. The molecule has 1 aliphatic rings. The third-order valence-corrected chi connectivity index (χ3v) is 4.47. The van der Waals surface area contributed by atoms with Gasteiger partial charge in [-0.25, -0.2) is 8.57 Å². The van der Waals surface area contributed by atoms with E-state index in [1.807, 2.05) is 0 Å². The first-order valence-electron chi connectivity index (χ1n) is 4.81. The zero-order valence-electron chi connectivity index (χ0n) is 8.78. The molecule has 1 aromatic rings. The molecule has 1 aliphatic heterocycles. The summed E-state index contributed by atoms with van der Waals surface area (Å²) in [7, 11) is -2.09. The van der Waals surface area contributed by atoms with E-state index in [1.165, 1.54) is 5.56 Å². The highest BCUT2D eigenvalue weighted by molar-refractivity contribution is 7.93. The second-order valence-electron chi connectivity index (χ2n) is 4.11. The molecule has 2 rings (SSSR count). The Hall–Kier alpha value is -0.830. The second-order valence-corrected chi connectivity index (χ2v) is 6.41. The van der Waals surface area contributed by atoms with Crippen LogP contribution in [0.1, 0.15) is 30.9 Å². The van der Waals surface area contributed by atoms with Crippen molar-refractivity contribution in [3.05, 3.63) is 29.3 Å². The summed E-state index contributed by atoms with van der Waals surface area (Å²) in [6, 6.07) is 6.23. The zero-order valence-corrected chi connectivity index (χ0v) is 9.60. The highest BCUT2D eigenvalue weighted by atomic mass is 32.2.